The van der Waals surface area contributed by atoms with Gasteiger partial charge in [0.05, 0.1) is 4.90 Å². The fourth-order valence-corrected chi connectivity index (χ4v) is 3.18. The monoisotopic (exact) mass is 390 g/mol. The van der Waals surface area contributed by atoms with Gasteiger partial charge in [0.2, 0.25) is 0 Å². The Morgan fingerprint density at radius 1 is 1.00 bits per heavy atom. The van der Waals surface area contributed by atoms with Crippen LogP contribution >= 0.6 is 0 Å². The van der Waals surface area contributed by atoms with Gasteiger partial charge in [-0.25, -0.2) is 8.42 Å². The third-order valence-electron chi connectivity index (χ3n) is 4.06. The highest BCUT2D eigenvalue weighted by molar-refractivity contribution is 7.89. The molecule has 6 nitrogen and oxygen atoms in total. The van der Waals surface area contributed by atoms with E-state index < -0.39 is 15.9 Å². The first-order chi connectivity index (χ1) is 12.6. The Morgan fingerprint density at radius 2 is 1.59 bits per heavy atom. The van der Waals surface area contributed by atoms with E-state index in [1.807, 2.05) is 39.8 Å². The van der Waals surface area contributed by atoms with Gasteiger partial charge in [-0.1, -0.05) is 52.0 Å². The fraction of sp³-hybridized carbons (Fsp3) is 0.350. The van der Waals surface area contributed by atoms with Crippen LogP contribution in [0.2, 0.25) is 0 Å². The predicted molar refractivity (Wildman–Crippen MR) is 105 cm³/mol. The first-order valence-corrected chi connectivity index (χ1v) is 10.2. The van der Waals surface area contributed by atoms with Crippen LogP contribution in [0, 0.1) is 0 Å². The normalized spacial score (nSPS) is 11.9. The van der Waals surface area contributed by atoms with Gasteiger partial charge in [-0.15, -0.1) is 4.83 Å². The van der Waals surface area contributed by atoms with Crippen molar-refractivity contribution >= 4 is 15.9 Å². The van der Waals surface area contributed by atoms with Gasteiger partial charge in [-0.3, -0.25) is 10.2 Å². The summed E-state index contributed by atoms with van der Waals surface area (Å²) in [7, 11) is -3.85. The molecular formula is C20H26N2O4S. The smallest absolute Gasteiger partial charge is 0.272 e. The summed E-state index contributed by atoms with van der Waals surface area (Å²) in [6.07, 6.45) is 0.916. The van der Waals surface area contributed by atoms with Crippen molar-refractivity contribution in [3.8, 4) is 5.75 Å². The SMILES string of the molecule is CCc1ccc(OCC(=O)NNS(=O)(=O)c2ccc(C(C)(C)C)cc2)cc1. The number of carbonyl (C=O) groups is 1. The van der Waals surface area contributed by atoms with Crippen molar-refractivity contribution in [2.75, 3.05) is 6.61 Å². The van der Waals surface area contributed by atoms with E-state index in [0.717, 1.165) is 17.5 Å². The summed E-state index contributed by atoms with van der Waals surface area (Å²) in [6, 6.07) is 13.9. The lowest BCUT2D eigenvalue weighted by atomic mass is 9.87. The number of aryl methyl sites for hydroxylation is 1. The number of ether oxygens (including phenoxy) is 1. The zero-order valence-electron chi connectivity index (χ0n) is 16.1. The molecule has 27 heavy (non-hydrogen) atoms. The van der Waals surface area contributed by atoms with E-state index in [-0.39, 0.29) is 16.9 Å². The minimum Gasteiger partial charge on any atom is -0.484 e. The van der Waals surface area contributed by atoms with E-state index in [1.54, 1.807) is 24.3 Å². The van der Waals surface area contributed by atoms with Crippen molar-refractivity contribution < 1.29 is 17.9 Å². The molecule has 7 heteroatoms. The number of carbonyl (C=O) groups excluding carboxylic acids is 1. The zero-order valence-corrected chi connectivity index (χ0v) is 16.9. The summed E-state index contributed by atoms with van der Waals surface area (Å²) in [5.41, 5.74) is 4.27. The van der Waals surface area contributed by atoms with E-state index in [1.165, 1.54) is 12.1 Å². The van der Waals surface area contributed by atoms with Crippen LogP contribution < -0.4 is 15.0 Å². The molecule has 0 bridgehead atoms. The number of sulfonamides is 1. The Bertz CT molecular complexity index is 868. The van der Waals surface area contributed by atoms with Crippen LogP contribution in [-0.4, -0.2) is 20.9 Å². The molecule has 0 fully saturated rings. The lowest BCUT2D eigenvalue weighted by Gasteiger charge is -2.19. The topological polar surface area (TPSA) is 84.5 Å². The second-order valence-corrected chi connectivity index (χ2v) is 8.90. The molecule has 0 aliphatic carbocycles. The Labute approximate surface area is 161 Å². The molecule has 0 saturated carbocycles. The Balaban J connectivity index is 1.89. The van der Waals surface area contributed by atoms with Crippen LogP contribution in [0.25, 0.3) is 0 Å². The molecule has 0 spiro atoms. The van der Waals surface area contributed by atoms with Gasteiger partial charge in [-0.2, -0.15) is 0 Å². The molecule has 0 radical (unpaired) electrons. The van der Waals surface area contributed by atoms with E-state index in [9.17, 15) is 13.2 Å². The summed E-state index contributed by atoms with van der Waals surface area (Å²) in [6.45, 7) is 7.89. The number of hydrazine groups is 1. The van der Waals surface area contributed by atoms with Crippen molar-refractivity contribution in [2.24, 2.45) is 0 Å². The highest BCUT2D eigenvalue weighted by Crippen LogP contribution is 2.23. The molecule has 0 atom stereocenters. The molecular weight excluding hydrogens is 364 g/mol. The number of hydrogen-bond acceptors (Lipinski definition) is 4. The molecule has 0 unspecified atom stereocenters. The van der Waals surface area contributed by atoms with Crippen LogP contribution in [0.1, 0.15) is 38.8 Å². The Hall–Kier alpha value is -2.38. The van der Waals surface area contributed by atoms with Gasteiger partial charge in [0, 0.05) is 0 Å². The van der Waals surface area contributed by atoms with Crippen molar-refractivity contribution in [3.63, 3.8) is 0 Å². The molecule has 0 saturated heterocycles. The number of benzene rings is 2. The minimum atomic E-state index is -3.85. The van der Waals surface area contributed by atoms with Crippen molar-refractivity contribution in [2.45, 2.75) is 44.4 Å². The maximum absolute atomic E-state index is 12.3. The maximum atomic E-state index is 12.3. The molecule has 2 rings (SSSR count). The summed E-state index contributed by atoms with van der Waals surface area (Å²) < 4.78 is 29.9. The summed E-state index contributed by atoms with van der Waals surface area (Å²) in [5, 5.41) is 0. The first kappa shape index (κ1) is 20.9. The molecule has 0 aromatic heterocycles. The van der Waals surface area contributed by atoms with E-state index in [0.29, 0.717) is 5.75 Å². The lowest BCUT2D eigenvalue weighted by molar-refractivity contribution is -0.123. The lowest BCUT2D eigenvalue weighted by Crippen LogP contribution is -2.43. The van der Waals surface area contributed by atoms with Gasteiger partial charge in [0.25, 0.3) is 15.9 Å². The van der Waals surface area contributed by atoms with Gasteiger partial charge < -0.3 is 4.74 Å². The standard InChI is InChI=1S/C20H26N2O4S/c1-5-15-6-10-17(11-7-15)26-14-19(23)21-22-27(24,25)18-12-8-16(9-13-18)20(2,3)4/h6-13,22H,5,14H2,1-4H3,(H,21,23). The second kappa shape index (κ2) is 8.54. The van der Waals surface area contributed by atoms with Crippen LogP contribution in [0.5, 0.6) is 5.75 Å². The van der Waals surface area contributed by atoms with Gasteiger partial charge in [0.1, 0.15) is 5.75 Å². The van der Waals surface area contributed by atoms with Crippen LogP contribution in [0.4, 0.5) is 0 Å². The number of nitrogens with one attached hydrogen (secondary N) is 2. The van der Waals surface area contributed by atoms with Gasteiger partial charge in [0.15, 0.2) is 6.61 Å². The predicted octanol–water partition coefficient (Wildman–Crippen LogP) is 2.94. The zero-order chi connectivity index (χ0) is 20.1. The highest BCUT2D eigenvalue weighted by Gasteiger charge is 2.18. The van der Waals surface area contributed by atoms with Crippen molar-refractivity contribution in [1.29, 1.82) is 0 Å². The summed E-state index contributed by atoms with van der Waals surface area (Å²) in [4.78, 5) is 14.0. The van der Waals surface area contributed by atoms with Crippen LogP contribution in [0.3, 0.4) is 0 Å². The molecule has 0 aliphatic heterocycles. The Morgan fingerprint density at radius 3 is 2.11 bits per heavy atom. The summed E-state index contributed by atoms with van der Waals surface area (Å²) in [5.74, 6) is -0.0487. The number of rotatable bonds is 7. The average molecular weight is 391 g/mol. The molecule has 2 aromatic rings. The molecule has 2 aromatic carbocycles. The first-order valence-electron chi connectivity index (χ1n) is 8.75. The minimum absolute atomic E-state index is 0.0728. The third-order valence-corrected chi connectivity index (χ3v) is 5.32. The van der Waals surface area contributed by atoms with E-state index in [4.69, 9.17) is 4.74 Å². The van der Waals surface area contributed by atoms with Crippen molar-refractivity contribution in [3.05, 3.63) is 59.7 Å². The average Bonchev–Trinajstić information content (AvgIpc) is 2.64. The van der Waals surface area contributed by atoms with Gasteiger partial charge >= 0.3 is 0 Å². The second-order valence-electron chi connectivity index (χ2n) is 7.21. The molecule has 146 valence electrons. The third kappa shape index (κ3) is 6.08. The highest BCUT2D eigenvalue weighted by atomic mass is 32.2. The van der Waals surface area contributed by atoms with E-state index in [2.05, 4.69) is 10.3 Å². The molecule has 1 amide bonds. The fourth-order valence-electron chi connectivity index (χ4n) is 2.32. The van der Waals surface area contributed by atoms with E-state index >= 15 is 0 Å². The molecule has 0 aliphatic rings. The molecule has 0 heterocycles. The van der Waals surface area contributed by atoms with Crippen LogP contribution in [0.15, 0.2) is 53.4 Å². The maximum Gasteiger partial charge on any atom is 0.272 e. The van der Waals surface area contributed by atoms with Crippen molar-refractivity contribution in [1.82, 2.24) is 10.3 Å². The number of amides is 1. The quantitative estimate of drug-likeness (QED) is 0.712. The summed E-state index contributed by atoms with van der Waals surface area (Å²) >= 11 is 0. The van der Waals surface area contributed by atoms with Crippen LogP contribution in [-0.2, 0) is 26.7 Å². The molecule has 2 N–H and O–H groups in total. The van der Waals surface area contributed by atoms with Gasteiger partial charge in [-0.05, 0) is 47.2 Å². The number of hydrogen-bond donors (Lipinski definition) is 2. The Kier molecular flexibility index (Phi) is 6.62. The largest absolute Gasteiger partial charge is 0.484 e.